The summed E-state index contributed by atoms with van der Waals surface area (Å²) in [6.45, 7) is 6.55. The number of hydrogen-bond acceptors (Lipinski definition) is 3. The largest absolute Gasteiger partial charge is 0.382 e. The fourth-order valence-electron chi connectivity index (χ4n) is 2.96. The summed E-state index contributed by atoms with van der Waals surface area (Å²) in [5, 5.41) is 14.4. The summed E-state index contributed by atoms with van der Waals surface area (Å²) in [4.78, 5) is 10.5. The number of hydrogen-bond donors (Lipinski definition) is 1. The molecule has 1 aliphatic carbocycles. The van der Waals surface area contributed by atoms with E-state index >= 15 is 0 Å². The van der Waals surface area contributed by atoms with Gasteiger partial charge >= 0.3 is 0 Å². The van der Waals surface area contributed by atoms with E-state index in [2.05, 4.69) is 19.2 Å². The van der Waals surface area contributed by atoms with Crippen LogP contribution in [0.25, 0.3) is 0 Å². The van der Waals surface area contributed by atoms with E-state index in [1.165, 1.54) is 12.8 Å². The zero-order chi connectivity index (χ0) is 14.0. The number of aryl methyl sites for hydroxylation is 1. The van der Waals surface area contributed by atoms with Gasteiger partial charge in [0.25, 0.3) is 5.69 Å². The summed E-state index contributed by atoms with van der Waals surface area (Å²) in [6, 6.07) is 5.46. The van der Waals surface area contributed by atoms with E-state index in [9.17, 15) is 10.1 Å². The first kappa shape index (κ1) is 13.8. The fourth-order valence-corrected chi connectivity index (χ4v) is 2.96. The molecule has 1 fully saturated rings. The Bertz CT molecular complexity index is 473. The highest BCUT2D eigenvalue weighted by molar-refractivity contribution is 5.57. The molecule has 1 N–H and O–H groups in total. The third-order valence-corrected chi connectivity index (χ3v) is 4.20. The van der Waals surface area contributed by atoms with Crippen molar-refractivity contribution in [2.75, 3.05) is 5.32 Å². The Morgan fingerprint density at radius 2 is 2.05 bits per heavy atom. The second-order valence-electron chi connectivity index (χ2n) is 5.90. The molecule has 0 aliphatic heterocycles. The Balaban J connectivity index is 2.14. The van der Waals surface area contributed by atoms with Crippen molar-refractivity contribution in [2.45, 2.75) is 46.1 Å². The minimum atomic E-state index is -0.336. The van der Waals surface area contributed by atoms with E-state index in [1.54, 1.807) is 12.1 Å². The average Bonchev–Trinajstić information content (AvgIpc) is 2.34. The Hall–Kier alpha value is -1.58. The van der Waals surface area contributed by atoms with Gasteiger partial charge in [-0.3, -0.25) is 10.1 Å². The van der Waals surface area contributed by atoms with Crippen LogP contribution in [0.3, 0.4) is 0 Å². The number of rotatable bonds is 3. The lowest BCUT2D eigenvalue weighted by molar-refractivity contribution is -0.384. The second kappa shape index (κ2) is 5.59. The number of benzene rings is 1. The monoisotopic (exact) mass is 262 g/mol. The lowest BCUT2D eigenvalue weighted by Crippen LogP contribution is -2.33. The molecule has 0 amide bonds. The molecule has 1 aromatic carbocycles. The van der Waals surface area contributed by atoms with Crippen molar-refractivity contribution in [1.82, 2.24) is 0 Å². The maximum Gasteiger partial charge on any atom is 0.271 e. The standard InChI is InChI=1S/C15H22N2O2/c1-10-4-7-14(12(3)8-10)16-15-9-13(17(18)19)6-5-11(15)2/h5-6,9-10,12,14,16H,4,7-8H2,1-3H3. The summed E-state index contributed by atoms with van der Waals surface area (Å²) in [5.74, 6) is 1.40. The Labute approximate surface area is 114 Å². The molecule has 1 aliphatic rings. The van der Waals surface area contributed by atoms with Crippen LogP contribution >= 0.6 is 0 Å². The molecule has 0 radical (unpaired) electrons. The van der Waals surface area contributed by atoms with Gasteiger partial charge in [-0.05, 0) is 43.6 Å². The van der Waals surface area contributed by atoms with Crippen LogP contribution < -0.4 is 5.32 Å². The maximum absolute atomic E-state index is 10.8. The van der Waals surface area contributed by atoms with E-state index in [-0.39, 0.29) is 10.6 Å². The van der Waals surface area contributed by atoms with Gasteiger partial charge in [-0.1, -0.05) is 19.9 Å². The van der Waals surface area contributed by atoms with Gasteiger partial charge < -0.3 is 5.32 Å². The number of nitro benzene ring substituents is 1. The summed E-state index contributed by atoms with van der Waals surface area (Å²) < 4.78 is 0. The van der Waals surface area contributed by atoms with Crippen molar-refractivity contribution >= 4 is 11.4 Å². The van der Waals surface area contributed by atoms with Crippen molar-refractivity contribution in [3.63, 3.8) is 0 Å². The Morgan fingerprint density at radius 1 is 1.32 bits per heavy atom. The number of non-ortho nitro benzene ring substituents is 1. The van der Waals surface area contributed by atoms with Crippen LogP contribution in [0.4, 0.5) is 11.4 Å². The molecule has 1 saturated carbocycles. The molecular formula is C15H22N2O2. The average molecular weight is 262 g/mol. The predicted molar refractivity (Wildman–Crippen MR) is 77.4 cm³/mol. The highest BCUT2D eigenvalue weighted by Gasteiger charge is 2.25. The van der Waals surface area contributed by atoms with E-state index in [1.807, 2.05) is 13.0 Å². The van der Waals surface area contributed by atoms with Gasteiger partial charge in [0, 0.05) is 23.9 Å². The molecule has 3 atom stereocenters. The molecule has 3 unspecified atom stereocenters. The second-order valence-corrected chi connectivity index (χ2v) is 5.90. The summed E-state index contributed by atoms with van der Waals surface area (Å²) >= 11 is 0. The van der Waals surface area contributed by atoms with Gasteiger partial charge in [0.2, 0.25) is 0 Å². The molecule has 1 aromatic rings. The molecule has 0 aromatic heterocycles. The van der Waals surface area contributed by atoms with Crippen LogP contribution in [0.2, 0.25) is 0 Å². The smallest absolute Gasteiger partial charge is 0.271 e. The number of anilines is 1. The normalized spacial score (nSPS) is 27.0. The summed E-state index contributed by atoms with van der Waals surface area (Å²) in [7, 11) is 0. The van der Waals surface area contributed by atoms with E-state index in [0.29, 0.717) is 12.0 Å². The van der Waals surface area contributed by atoms with Crippen molar-refractivity contribution < 1.29 is 4.92 Å². The maximum atomic E-state index is 10.8. The highest BCUT2D eigenvalue weighted by atomic mass is 16.6. The van der Waals surface area contributed by atoms with Gasteiger partial charge in [-0.25, -0.2) is 0 Å². The highest BCUT2D eigenvalue weighted by Crippen LogP contribution is 2.32. The SMILES string of the molecule is Cc1ccc([N+](=O)[O-])cc1NC1CCC(C)CC1C. The minimum absolute atomic E-state index is 0.157. The lowest BCUT2D eigenvalue weighted by atomic mass is 9.80. The molecule has 0 heterocycles. The third-order valence-electron chi connectivity index (χ3n) is 4.20. The van der Waals surface area contributed by atoms with E-state index in [0.717, 1.165) is 23.6 Å². The molecular weight excluding hydrogens is 240 g/mol. The topological polar surface area (TPSA) is 55.2 Å². The first-order valence-corrected chi connectivity index (χ1v) is 6.99. The molecule has 2 rings (SSSR count). The first-order chi connectivity index (χ1) is 8.97. The van der Waals surface area contributed by atoms with Crippen LogP contribution in [-0.2, 0) is 0 Å². The molecule has 0 spiro atoms. The molecule has 4 nitrogen and oxygen atoms in total. The fraction of sp³-hybridized carbons (Fsp3) is 0.600. The van der Waals surface area contributed by atoms with Crippen LogP contribution in [-0.4, -0.2) is 11.0 Å². The van der Waals surface area contributed by atoms with Crippen molar-refractivity contribution in [1.29, 1.82) is 0 Å². The quantitative estimate of drug-likeness (QED) is 0.658. The molecule has 104 valence electrons. The molecule has 0 bridgehead atoms. The number of nitrogens with one attached hydrogen (secondary N) is 1. The number of nitrogens with zero attached hydrogens (tertiary/aromatic N) is 1. The van der Waals surface area contributed by atoms with Crippen molar-refractivity contribution in [3.8, 4) is 0 Å². The van der Waals surface area contributed by atoms with E-state index in [4.69, 9.17) is 0 Å². The Morgan fingerprint density at radius 3 is 2.68 bits per heavy atom. The zero-order valence-corrected chi connectivity index (χ0v) is 11.8. The minimum Gasteiger partial charge on any atom is -0.382 e. The van der Waals surface area contributed by atoms with Gasteiger partial charge in [0.05, 0.1) is 4.92 Å². The molecule has 0 saturated heterocycles. The van der Waals surface area contributed by atoms with Crippen LogP contribution in [0.1, 0.15) is 38.7 Å². The molecule has 4 heteroatoms. The van der Waals surface area contributed by atoms with Gasteiger partial charge in [-0.15, -0.1) is 0 Å². The van der Waals surface area contributed by atoms with Crippen LogP contribution in [0, 0.1) is 28.9 Å². The van der Waals surface area contributed by atoms with Crippen molar-refractivity contribution in [2.24, 2.45) is 11.8 Å². The Kier molecular flexibility index (Phi) is 4.08. The summed E-state index contributed by atoms with van der Waals surface area (Å²) in [6.07, 6.45) is 3.60. The van der Waals surface area contributed by atoms with Gasteiger partial charge in [0.15, 0.2) is 0 Å². The lowest BCUT2D eigenvalue weighted by Gasteiger charge is -2.34. The van der Waals surface area contributed by atoms with Gasteiger partial charge in [0.1, 0.15) is 0 Å². The van der Waals surface area contributed by atoms with Crippen LogP contribution in [0.5, 0.6) is 0 Å². The predicted octanol–water partition coefficient (Wildman–Crippen LogP) is 4.14. The first-order valence-electron chi connectivity index (χ1n) is 6.99. The number of nitro groups is 1. The summed E-state index contributed by atoms with van der Waals surface area (Å²) in [5.41, 5.74) is 2.13. The van der Waals surface area contributed by atoms with Crippen LogP contribution in [0.15, 0.2) is 18.2 Å². The van der Waals surface area contributed by atoms with Crippen molar-refractivity contribution in [3.05, 3.63) is 33.9 Å². The zero-order valence-electron chi connectivity index (χ0n) is 11.8. The molecule has 19 heavy (non-hydrogen) atoms. The van der Waals surface area contributed by atoms with Gasteiger partial charge in [-0.2, -0.15) is 0 Å². The van der Waals surface area contributed by atoms with E-state index < -0.39 is 0 Å². The third kappa shape index (κ3) is 3.25.